The first-order chi connectivity index (χ1) is 15.5. The minimum atomic E-state index is -1.24. The van der Waals surface area contributed by atoms with Crippen molar-refractivity contribution >= 4 is 0 Å². The molecule has 0 saturated heterocycles. The standard InChI is InChI=1S/C29H49F3/c1-3-20-5-13-23(14-6-20)26-17-16-24(28(31)29(26)32)15-9-21-7-11-22(12-8-21)25-10-4-19(2)27(30)18-25/h19-29H,3-18H2,1-2H3/t19?,20?,21?,22?,23?,24?,25?,26?,27?,28-,29?/m0/s1. The number of hydrogen-bond acceptors (Lipinski definition) is 0. The summed E-state index contributed by atoms with van der Waals surface area (Å²) in [7, 11) is 0. The molecule has 4 aliphatic carbocycles. The van der Waals surface area contributed by atoms with E-state index >= 15 is 8.78 Å². The highest BCUT2D eigenvalue weighted by Gasteiger charge is 2.44. The van der Waals surface area contributed by atoms with Crippen molar-refractivity contribution in [2.75, 3.05) is 0 Å². The van der Waals surface area contributed by atoms with Gasteiger partial charge >= 0.3 is 0 Å². The second kappa shape index (κ2) is 11.5. The Labute approximate surface area is 195 Å². The van der Waals surface area contributed by atoms with Gasteiger partial charge in [-0.15, -0.1) is 0 Å². The molecule has 7 atom stereocenters. The van der Waals surface area contributed by atoms with E-state index in [4.69, 9.17) is 0 Å². The quantitative estimate of drug-likeness (QED) is 0.375. The van der Waals surface area contributed by atoms with Crippen molar-refractivity contribution in [2.24, 2.45) is 47.3 Å². The first-order valence-electron chi connectivity index (χ1n) is 14.4. The average molecular weight is 455 g/mol. The van der Waals surface area contributed by atoms with Crippen molar-refractivity contribution in [3.8, 4) is 0 Å². The van der Waals surface area contributed by atoms with Crippen molar-refractivity contribution in [1.82, 2.24) is 0 Å². The van der Waals surface area contributed by atoms with E-state index in [1.807, 2.05) is 0 Å². The van der Waals surface area contributed by atoms with Crippen LogP contribution in [-0.2, 0) is 0 Å². The van der Waals surface area contributed by atoms with Gasteiger partial charge in [-0.3, -0.25) is 0 Å². The Morgan fingerprint density at radius 2 is 1.22 bits per heavy atom. The minimum Gasteiger partial charge on any atom is -0.247 e. The van der Waals surface area contributed by atoms with Gasteiger partial charge in [0.25, 0.3) is 0 Å². The van der Waals surface area contributed by atoms with Crippen LogP contribution in [0.25, 0.3) is 0 Å². The van der Waals surface area contributed by atoms with E-state index in [0.29, 0.717) is 23.7 Å². The van der Waals surface area contributed by atoms with Gasteiger partial charge in [-0.2, -0.15) is 0 Å². The zero-order chi connectivity index (χ0) is 22.7. The molecular formula is C29H49F3. The van der Waals surface area contributed by atoms with E-state index in [0.717, 1.165) is 57.3 Å². The normalized spacial score (nSPS) is 48.5. The second-order valence-corrected chi connectivity index (χ2v) is 12.5. The van der Waals surface area contributed by atoms with E-state index in [1.54, 1.807) is 0 Å². The van der Waals surface area contributed by atoms with Gasteiger partial charge in [-0.05, 0) is 112 Å². The van der Waals surface area contributed by atoms with E-state index in [2.05, 4.69) is 13.8 Å². The molecule has 0 aliphatic heterocycles. The molecule has 0 bridgehead atoms. The van der Waals surface area contributed by atoms with Crippen molar-refractivity contribution in [1.29, 1.82) is 0 Å². The van der Waals surface area contributed by atoms with E-state index in [1.165, 1.54) is 51.4 Å². The van der Waals surface area contributed by atoms with Crippen LogP contribution in [-0.4, -0.2) is 18.5 Å². The number of rotatable bonds is 6. The molecule has 3 heteroatoms. The summed E-state index contributed by atoms with van der Waals surface area (Å²) in [5.41, 5.74) is 0. The Morgan fingerprint density at radius 3 is 1.88 bits per heavy atom. The van der Waals surface area contributed by atoms with Crippen LogP contribution in [0.1, 0.15) is 117 Å². The molecule has 4 saturated carbocycles. The lowest BCUT2D eigenvalue weighted by Crippen LogP contribution is -2.42. The van der Waals surface area contributed by atoms with Gasteiger partial charge in [0.2, 0.25) is 0 Å². The van der Waals surface area contributed by atoms with E-state index < -0.39 is 18.5 Å². The van der Waals surface area contributed by atoms with Crippen LogP contribution in [0.4, 0.5) is 13.2 Å². The topological polar surface area (TPSA) is 0 Å². The largest absolute Gasteiger partial charge is 0.247 e. The lowest BCUT2D eigenvalue weighted by atomic mass is 9.66. The lowest BCUT2D eigenvalue weighted by Gasteiger charge is -2.42. The smallest absolute Gasteiger partial charge is 0.134 e. The molecule has 32 heavy (non-hydrogen) atoms. The fourth-order valence-electron chi connectivity index (χ4n) is 8.17. The van der Waals surface area contributed by atoms with Crippen molar-refractivity contribution in [3.05, 3.63) is 0 Å². The van der Waals surface area contributed by atoms with Gasteiger partial charge in [-0.25, -0.2) is 13.2 Å². The summed E-state index contributed by atoms with van der Waals surface area (Å²) < 4.78 is 44.4. The highest BCUT2D eigenvalue weighted by molar-refractivity contribution is 4.93. The number of hydrogen-bond donors (Lipinski definition) is 0. The van der Waals surface area contributed by atoms with Gasteiger partial charge in [0.15, 0.2) is 0 Å². The fraction of sp³-hybridized carbons (Fsp3) is 1.00. The second-order valence-electron chi connectivity index (χ2n) is 12.5. The van der Waals surface area contributed by atoms with Gasteiger partial charge in [0, 0.05) is 0 Å². The molecule has 186 valence electrons. The SMILES string of the molecule is CCC1CCC(C2CCC(CCC3CCC(C4CCC(C)C(F)C4)CC3)[C@H](F)C2F)CC1. The third kappa shape index (κ3) is 5.88. The summed E-state index contributed by atoms with van der Waals surface area (Å²) in [6, 6.07) is 0. The Bertz CT molecular complexity index is 549. The molecule has 0 nitrogen and oxygen atoms in total. The van der Waals surface area contributed by atoms with Gasteiger partial charge in [0.1, 0.15) is 18.5 Å². The Morgan fingerprint density at radius 1 is 0.594 bits per heavy atom. The molecule has 4 rings (SSSR count). The molecule has 0 aromatic carbocycles. The summed E-state index contributed by atoms with van der Waals surface area (Å²) in [4.78, 5) is 0. The molecule has 0 radical (unpaired) electrons. The number of alkyl halides is 3. The van der Waals surface area contributed by atoms with Crippen LogP contribution in [0.5, 0.6) is 0 Å². The van der Waals surface area contributed by atoms with Crippen LogP contribution < -0.4 is 0 Å². The molecule has 0 aromatic rings. The first kappa shape index (κ1) is 24.9. The number of halogens is 3. The molecule has 6 unspecified atom stereocenters. The zero-order valence-electron chi connectivity index (χ0n) is 20.8. The zero-order valence-corrected chi connectivity index (χ0v) is 20.8. The molecular weight excluding hydrogens is 405 g/mol. The van der Waals surface area contributed by atoms with Gasteiger partial charge < -0.3 is 0 Å². The van der Waals surface area contributed by atoms with Crippen LogP contribution in [0.15, 0.2) is 0 Å². The lowest BCUT2D eigenvalue weighted by molar-refractivity contribution is -0.0162. The maximum atomic E-state index is 15.1. The van der Waals surface area contributed by atoms with Gasteiger partial charge in [0.05, 0.1) is 0 Å². The van der Waals surface area contributed by atoms with Crippen LogP contribution >= 0.6 is 0 Å². The maximum absolute atomic E-state index is 15.1. The summed E-state index contributed by atoms with van der Waals surface area (Å²) >= 11 is 0. The Kier molecular flexibility index (Phi) is 8.93. The molecule has 0 N–H and O–H groups in total. The molecule has 4 fully saturated rings. The highest BCUT2D eigenvalue weighted by atomic mass is 19.2. The van der Waals surface area contributed by atoms with Crippen LogP contribution in [0, 0.1) is 47.3 Å². The minimum absolute atomic E-state index is 0.0213. The summed E-state index contributed by atoms with van der Waals surface area (Å²) in [5, 5.41) is 0. The average Bonchev–Trinajstić information content (AvgIpc) is 2.82. The molecule has 4 aliphatic rings. The molecule has 0 heterocycles. The third-order valence-electron chi connectivity index (χ3n) is 10.8. The van der Waals surface area contributed by atoms with Crippen molar-refractivity contribution < 1.29 is 13.2 Å². The van der Waals surface area contributed by atoms with Crippen molar-refractivity contribution in [2.45, 2.75) is 135 Å². The highest BCUT2D eigenvalue weighted by Crippen LogP contribution is 2.47. The fourth-order valence-corrected chi connectivity index (χ4v) is 8.17. The van der Waals surface area contributed by atoms with Crippen LogP contribution in [0.2, 0.25) is 0 Å². The monoisotopic (exact) mass is 454 g/mol. The molecule has 0 spiro atoms. The predicted octanol–water partition coefficient (Wildman–Crippen LogP) is 9.27. The van der Waals surface area contributed by atoms with E-state index in [9.17, 15) is 4.39 Å². The summed E-state index contributed by atoms with van der Waals surface area (Å²) in [6.45, 7) is 4.32. The Balaban J connectivity index is 1.17. The predicted molar refractivity (Wildman–Crippen MR) is 128 cm³/mol. The van der Waals surface area contributed by atoms with Crippen LogP contribution in [0.3, 0.4) is 0 Å². The third-order valence-corrected chi connectivity index (χ3v) is 10.8. The summed E-state index contributed by atoms with van der Waals surface area (Å²) in [6.07, 6.45) is 14.6. The first-order valence-corrected chi connectivity index (χ1v) is 14.4. The summed E-state index contributed by atoms with van der Waals surface area (Å²) in [5.74, 6) is 3.39. The molecule has 0 aromatic heterocycles. The molecule has 0 amide bonds. The van der Waals surface area contributed by atoms with Gasteiger partial charge in [-0.1, -0.05) is 52.4 Å². The maximum Gasteiger partial charge on any atom is 0.134 e. The van der Waals surface area contributed by atoms with E-state index in [-0.39, 0.29) is 17.8 Å². The van der Waals surface area contributed by atoms with Crippen molar-refractivity contribution in [3.63, 3.8) is 0 Å². The Hall–Kier alpha value is -0.210.